The number of aliphatic hydroxyl groups is 1. The Labute approximate surface area is 736 Å². The topological polar surface area (TPSA) is 437 Å². The minimum absolute atomic E-state index is 0.00988. The van der Waals surface area contributed by atoms with Gasteiger partial charge in [-0.25, -0.2) is 31.5 Å². The van der Waals surface area contributed by atoms with E-state index in [1.807, 2.05) is 82.3 Å². The number of hydroxylamine groups is 4. The summed E-state index contributed by atoms with van der Waals surface area (Å²) < 4.78 is 38.0. The van der Waals surface area contributed by atoms with Gasteiger partial charge in [0.1, 0.15) is 12.2 Å². The lowest BCUT2D eigenvalue weighted by molar-refractivity contribution is -0.137. The van der Waals surface area contributed by atoms with E-state index in [0.29, 0.717) is 33.5 Å². The summed E-state index contributed by atoms with van der Waals surface area (Å²) in [7, 11) is 0. The molecule has 17 N–H and O–H groups in total. The highest BCUT2D eigenvalue weighted by Gasteiger charge is 2.68. The van der Waals surface area contributed by atoms with Crippen LogP contribution in [0.5, 0.6) is 0 Å². The van der Waals surface area contributed by atoms with Gasteiger partial charge in [0.05, 0.1) is 35.8 Å². The third-order valence-corrected chi connectivity index (χ3v) is 24.9. The normalized spacial score (nSPS) is 18.5. The van der Waals surface area contributed by atoms with Crippen molar-refractivity contribution in [2.75, 3.05) is 11.9 Å². The Balaban J connectivity index is 0.000000180. The molecule has 6 aliphatic rings. The molecule has 0 radical (unpaired) electrons. The highest BCUT2D eigenvalue weighted by atomic mass is 19.4. The van der Waals surface area contributed by atoms with Crippen LogP contribution < -0.4 is 64.7 Å². The van der Waals surface area contributed by atoms with Crippen molar-refractivity contribution in [3.8, 4) is 11.3 Å². The molecule has 127 heavy (non-hydrogen) atoms. The number of carbonyl (C=O) groups excluding carboxylic acids is 10. The van der Waals surface area contributed by atoms with Crippen molar-refractivity contribution in [1.29, 1.82) is 0 Å². The average Bonchev–Trinajstić information content (AvgIpc) is 1.53. The van der Waals surface area contributed by atoms with Gasteiger partial charge < -0.3 is 47.3 Å². The van der Waals surface area contributed by atoms with E-state index in [2.05, 4.69) is 90.7 Å². The zero-order chi connectivity index (χ0) is 93.0. The maximum atomic E-state index is 12.8. The number of aromatic nitrogens is 1. The van der Waals surface area contributed by atoms with Crippen LogP contribution in [0.15, 0.2) is 193 Å². The van der Waals surface area contributed by atoms with Crippen LogP contribution in [0.2, 0.25) is 0 Å². The van der Waals surface area contributed by atoms with Gasteiger partial charge in [-0.05, 0) is 224 Å². The van der Waals surface area contributed by atoms with Crippen molar-refractivity contribution in [1.82, 2.24) is 58.8 Å². The van der Waals surface area contributed by atoms with E-state index in [1.54, 1.807) is 114 Å². The number of aliphatic hydroxyl groups excluding tert-OH is 1. The average molecular weight is 1750 g/mol. The first-order valence-corrected chi connectivity index (χ1v) is 42.5. The molecule has 28 nitrogen and oxygen atoms in total. The second-order valence-corrected chi connectivity index (χ2v) is 35.9. The number of Topliss-reactive ketones (excluding diaryl/α,β-unsaturated/α-hetero) is 1. The zero-order valence-corrected chi connectivity index (χ0v) is 73.4. The van der Waals surface area contributed by atoms with Gasteiger partial charge in [0, 0.05) is 56.6 Å². The molecule has 31 heteroatoms. The molecule has 4 bridgehead atoms. The number of urea groups is 2. The van der Waals surface area contributed by atoms with E-state index < -0.39 is 65.5 Å². The lowest BCUT2D eigenvalue weighted by atomic mass is 9.53. The molecule has 8 aromatic rings. The molecule has 4 unspecified atom stereocenters. The maximum Gasteiger partial charge on any atom is 0.416 e. The zero-order valence-electron chi connectivity index (χ0n) is 73.4. The Bertz CT molecular complexity index is 5160. The molecule has 0 aliphatic heterocycles. The van der Waals surface area contributed by atoms with Crippen LogP contribution in [0.1, 0.15) is 273 Å². The second-order valence-electron chi connectivity index (χ2n) is 35.9. The van der Waals surface area contributed by atoms with Crippen molar-refractivity contribution in [3.05, 3.63) is 265 Å². The van der Waals surface area contributed by atoms with E-state index >= 15 is 0 Å². The third kappa shape index (κ3) is 26.1. The molecule has 678 valence electrons. The molecule has 7 aromatic carbocycles. The summed E-state index contributed by atoms with van der Waals surface area (Å²) in [6, 6.07) is 48.4. The SMILES string of the molecule is CC(C)(C)C(NC(=O)C1CCCC1)c1ccc(C(=O)NO)cc1.CC(C)C(NC(=O)c1ccc(-c2ccccc2)[nH]c1=O)c1ccc(C(=O)NO)cc1.CC(NC(=O)C1C(C)(C)C1(C)C)c1ccc(C(=O)NO)cc1.CC(NC(=O)Nc1cccc(C(F)(F)F)c1)c1ccc(C(=O)NO)cc1.C[C@@H](NC(=O)NC12CC3CC(CC(C3)C1)C2)c1ccc(C(=O)CO)cc1. The standard InChI is InChI=1S/C23H23N3O4.C21H28N2O3.C18H26N2O3.C17H16F3N3O3.C17H24N2O3/c1-14(2)20(16-8-10-17(11-9-16)21(27)26-30)25-23(29)18-12-13-19(24-22(18)28)15-6-4-3-5-7-15;1-13(17-2-4-18(5-3-17)19(25)12-24)22-20(26)23-21-9-14-6-15(10-21)8-16(7-14)11-21;1-18(2,3)15(19-16(21)13-6-4-5-7-13)12-8-10-14(11-9-12)17(22)20-23;1-10(11-5-7-12(8-6-11)15(24)23-26)21-16(25)22-14-4-2-3-13(9-14)17(18,19)20;1-10(11-6-8-12(9-7-11)14(20)19-22)18-15(21)13-16(2,3)17(13,4)5/h3-14,20,30H,1-2H3,(H,24,28)(H,25,29)(H,26,27);2-5,13-16,24H,6-12H2,1H3,(H2,22,23,26);8-11,13,15,23H,4-7H2,1-3H3,(H,19,21)(H,20,22);2-10,26H,1H3,(H,23,24)(H2,21,22,25);6-10,13,22H,1-5H3,(H,18,21)(H,19,20)/t;13-,14?,15?,16?,21?;;;/m.1.../s1. The van der Waals surface area contributed by atoms with Crippen LogP contribution in [-0.2, 0) is 15.8 Å². The monoisotopic (exact) mass is 1750 g/mol. The van der Waals surface area contributed by atoms with E-state index in [9.17, 15) is 65.9 Å². The van der Waals surface area contributed by atoms with Crippen LogP contribution in [0.25, 0.3) is 11.3 Å². The number of hydrogen-bond donors (Lipinski definition) is 17. The van der Waals surface area contributed by atoms with Crippen molar-refractivity contribution in [2.24, 2.45) is 51.8 Å². The predicted molar refractivity (Wildman–Crippen MR) is 471 cm³/mol. The molecule has 1 heterocycles. The fraction of sp³-hybridized carbons (Fsp3) is 0.406. The quantitative estimate of drug-likeness (QED) is 0.0161. The fourth-order valence-electron chi connectivity index (χ4n) is 17.6. The van der Waals surface area contributed by atoms with Gasteiger partial charge in [-0.1, -0.05) is 184 Å². The number of hydrogen-bond acceptors (Lipinski definition) is 16. The Hall–Kier alpha value is -12.4. The van der Waals surface area contributed by atoms with E-state index in [-0.39, 0.29) is 104 Å². The van der Waals surface area contributed by atoms with E-state index in [4.69, 9.17) is 25.9 Å². The number of benzene rings is 7. The van der Waals surface area contributed by atoms with Crippen molar-refractivity contribution < 1.29 is 87.1 Å². The third-order valence-electron chi connectivity index (χ3n) is 24.9. The van der Waals surface area contributed by atoms with Gasteiger partial charge in [0.15, 0.2) is 5.78 Å². The molecule has 11 amide bonds. The predicted octanol–water partition coefficient (Wildman–Crippen LogP) is 16.0. The summed E-state index contributed by atoms with van der Waals surface area (Å²) in [4.78, 5) is 135. The van der Waals surface area contributed by atoms with Crippen LogP contribution in [-0.4, -0.2) is 102 Å². The number of ketones is 1. The number of nitrogens with one attached hydrogen (secondary N) is 12. The highest BCUT2D eigenvalue weighted by Crippen LogP contribution is 2.68. The summed E-state index contributed by atoms with van der Waals surface area (Å²) in [5.74, 6) is -0.375. The maximum absolute atomic E-state index is 12.8. The fourth-order valence-corrected chi connectivity index (χ4v) is 17.6. The number of amides is 11. The first-order chi connectivity index (χ1) is 60.0. The number of anilines is 1. The van der Waals surface area contributed by atoms with Crippen LogP contribution in [0.4, 0.5) is 28.4 Å². The summed E-state index contributed by atoms with van der Waals surface area (Å²) in [5, 5.41) is 63.9. The van der Waals surface area contributed by atoms with Crippen molar-refractivity contribution in [3.63, 3.8) is 0 Å². The first kappa shape index (κ1) is 98.4. The molecule has 1 aromatic heterocycles. The van der Waals surface area contributed by atoms with Gasteiger partial charge in [-0.2, -0.15) is 13.2 Å². The Morgan fingerprint density at radius 3 is 1.28 bits per heavy atom. The van der Waals surface area contributed by atoms with E-state index in [0.717, 1.165) is 103 Å². The highest BCUT2D eigenvalue weighted by molar-refractivity contribution is 5.98. The Morgan fingerprint density at radius 1 is 0.465 bits per heavy atom. The van der Waals surface area contributed by atoms with E-state index in [1.165, 1.54) is 55.1 Å². The molecular formula is C96H117F3N12O16. The van der Waals surface area contributed by atoms with Gasteiger partial charge in [-0.15, -0.1) is 0 Å². The molecule has 0 saturated heterocycles. The van der Waals surface area contributed by atoms with Crippen molar-refractivity contribution >= 4 is 64.9 Å². The van der Waals surface area contributed by atoms with Gasteiger partial charge >= 0.3 is 18.2 Å². The van der Waals surface area contributed by atoms with Gasteiger partial charge in [0.25, 0.3) is 35.1 Å². The smallest absolute Gasteiger partial charge is 0.388 e. The Morgan fingerprint density at radius 2 is 0.882 bits per heavy atom. The van der Waals surface area contributed by atoms with Crippen LogP contribution in [0, 0.1) is 51.8 Å². The molecular weight excluding hydrogens is 1630 g/mol. The lowest BCUT2D eigenvalue weighted by Gasteiger charge is -2.56. The number of halogens is 3. The number of rotatable bonds is 23. The van der Waals surface area contributed by atoms with Crippen LogP contribution in [0.3, 0.4) is 0 Å². The molecule has 0 spiro atoms. The van der Waals surface area contributed by atoms with Crippen LogP contribution >= 0.6 is 0 Å². The lowest BCUT2D eigenvalue weighted by Crippen LogP contribution is -2.61. The molecule has 14 rings (SSSR count). The van der Waals surface area contributed by atoms with Crippen molar-refractivity contribution in [2.45, 2.75) is 189 Å². The molecule has 6 saturated carbocycles. The summed E-state index contributed by atoms with van der Waals surface area (Å²) >= 11 is 0. The molecule has 5 atom stereocenters. The number of H-pyrrole nitrogens is 1. The number of pyridine rings is 1. The number of aromatic amines is 1. The summed E-state index contributed by atoms with van der Waals surface area (Å²) in [6.07, 6.45) is 7.19. The number of alkyl halides is 3. The summed E-state index contributed by atoms with van der Waals surface area (Å²) in [6.45, 7) is 23.7. The molecule has 6 fully saturated rings. The number of carbonyl (C=O) groups is 10. The van der Waals surface area contributed by atoms with Gasteiger partial charge in [-0.3, -0.25) is 64.0 Å². The largest absolute Gasteiger partial charge is 0.416 e. The second kappa shape index (κ2) is 43.2. The summed E-state index contributed by atoms with van der Waals surface area (Å²) in [5.41, 5.74) is 12.4. The van der Waals surface area contributed by atoms with Gasteiger partial charge in [0.2, 0.25) is 11.8 Å². The molecule has 6 aliphatic carbocycles. The Kier molecular flexibility index (Phi) is 33.4. The minimum atomic E-state index is -4.50. The minimum Gasteiger partial charge on any atom is -0.388 e. The first-order valence-electron chi connectivity index (χ1n) is 42.5.